The van der Waals surface area contributed by atoms with E-state index in [9.17, 15) is 4.79 Å². The van der Waals surface area contributed by atoms with Crippen molar-refractivity contribution in [2.75, 3.05) is 19.5 Å². The van der Waals surface area contributed by atoms with Gasteiger partial charge in [0.15, 0.2) is 0 Å². The van der Waals surface area contributed by atoms with Crippen LogP contribution in [0.2, 0.25) is 0 Å². The Bertz CT molecular complexity index is 552. The molecule has 4 nitrogen and oxygen atoms in total. The van der Waals surface area contributed by atoms with Crippen LogP contribution >= 0.6 is 0 Å². The van der Waals surface area contributed by atoms with E-state index in [4.69, 9.17) is 10.5 Å². The smallest absolute Gasteiger partial charge is 0.226 e. The highest BCUT2D eigenvalue weighted by molar-refractivity contribution is 5.84. The highest BCUT2D eigenvalue weighted by Gasteiger charge is 2.44. The Balaban J connectivity index is 1.72. The summed E-state index contributed by atoms with van der Waals surface area (Å²) in [6, 6.07) is 6.21. The Labute approximate surface area is 132 Å². The molecule has 4 heteroatoms. The lowest BCUT2D eigenvalue weighted by atomic mass is 9.66. The quantitative estimate of drug-likeness (QED) is 0.822. The van der Waals surface area contributed by atoms with Crippen LogP contribution in [0.15, 0.2) is 18.2 Å². The fourth-order valence-electron chi connectivity index (χ4n) is 3.79. The van der Waals surface area contributed by atoms with E-state index in [-0.39, 0.29) is 17.4 Å². The first-order valence-corrected chi connectivity index (χ1v) is 8.33. The third kappa shape index (κ3) is 2.84. The molecule has 0 saturated heterocycles. The first-order valence-electron chi connectivity index (χ1n) is 8.33. The number of aryl methyl sites for hydroxylation is 1. The molecule has 1 fully saturated rings. The van der Waals surface area contributed by atoms with Gasteiger partial charge in [-0.25, -0.2) is 0 Å². The zero-order valence-electron chi connectivity index (χ0n) is 13.4. The molecule has 0 aliphatic heterocycles. The van der Waals surface area contributed by atoms with Crippen LogP contribution in [0.4, 0.5) is 5.69 Å². The van der Waals surface area contributed by atoms with Crippen LogP contribution in [-0.4, -0.2) is 19.6 Å². The van der Waals surface area contributed by atoms with Gasteiger partial charge in [-0.3, -0.25) is 4.79 Å². The molecule has 3 N–H and O–H groups in total. The van der Waals surface area contributed by atoms with Crippen LogP contribution in [0.1, 0.15) is 55.7 Å². The summed E-state index contributed by atoms with van der Waals surface area (Å²) >= 11 is 0. The fourth-order valence-corrected chi connectivity index (χ4v) is 3.79. The Morgan fingerprint density at radius 1 is 1.41 bits per heavy atom. The van der Waals surface area contributed by atoms with Crippen molar-refractivity contribution in [1.29, 1.82) is 0 Å². The van der Waals surface area contributed by atoms with Gasteiger partial charge in [-0.2, -0.15) is 0 Å². The molecule has 22 heavy (non-hydrogen) atoms. The second-order valence-corrected chi connectivity index (χ2v) is 6.75. The minimum absolute atomic E-state index is 0.136. The Hall–Kier alpha value is -1.55. The van der Waals surface area contributed by atoms with Gasteiger partial charge in [0.05, 0.1) is 11.5 Å². The first kappa shape index (κ1) is 15.3. The summed E-state index contributed by atoms with van der Waals surface area (Å²) in [4.78, 5) is 12.8. The largest absolute Gasteiger partial charge is 0.399 e. The second kappa shape index (κ2) is 6.29. The fraction of sp³-hybridized carbons (Fsp3) is 0.611. The van der Waals surface area contributed by atoms with Gasteiger partial charge in [0, 0.05) is 19.4 Å². The Kier molecular flexibility index (Phi) is 4.39. The lowest BCUT2D eigenvalue weighted by Crippen LogP contribution is -2.47. The van der Waals surface area contributed by atoms with Crippen molar-refractivity contribution < 1.29 is 9.53 Å². The van der Waals surface area contributed by atoms with Crippen LogP contribution in [0.25, 0.3) is 0 Å². The molecule has 1 amide bonds. The van der Waals surface area contributed by atoms with Gasteiger partial charge in [-0.15, -0.1) is 0 Å². The molecule has 1 atom stereocenters. The maximum absolute atomic E-state index is 12.8. The van der Waals surface area contributed by atoms with E-state index in [1.807, 2.05) is 6.07 Å². The number of benzene rings is 1. The summed E-state index contributed by atoms with van der Waals surface area (Å²) in [5, 5.41) is 3.31. The van der Waals surface area contributed by atoms with Crippen molar-refractivity contribution in [3.63, 3.8) is 0 Å². The van der Waals surface area contributed by atoms with Gasteiger partial charge in [-0.1, -0.05) is 12.5 Å². The molecule has 120 valence electrons. The molecule has 2 aliphatic rings. The van der Waals surface area contributed by atoms with E-state index >= 15 is 0 Å². The van der Waals surface area contributed by atoms with Crippen molar-refractivity contribution >= 4 is 11.6 Å². The number of nitrogens with two attached hydrogens (primary N) is 1. The minimum Gasteiger partial charge on any atom is -0.399 e. The highest BCUT2D eigenvalue weighted by atomic mass is 16.5. The molecule has 1 aromatic carbocycles. The van der Waals surface area contributed by atoms with E-state index in [1.54, 1.807) is 7.11 Å². The number of nitrogen functional groups attached to an aromatic ring is 1. The van der Waals surface area contributed by atoms with E-state index < -0.39 is 0 Å². The molecule has 2 aliphatic carbocycles. The van der Waals surface area contributed by atoms with Gasteiger partial charge < -0.3 is 15.8 Å². The highest BCUT2D eigenvalue weighted by Crippen LogP contribution is 2.45. The number of carbonyl (C=O) groups excluding carboxylic acids is 1. The number of hydrogen-bond donors (Lipinski definition) is 2. The summed E-state index contributed by atoms with van der Waals surface area (Å²) in [5.74, 6) is 0.213. The summed E-state index contributed by atoms with van der Waals surface area (Å²) in [5.41, 5.74) is 9.03. The third-order valence-corrected chi connectivity index (χ3v) is 5.36. The molecule has 3 rings (SSSR count). The molecule has 0 radical (unpaired) electrons. The lowest BCUT2D eigenvalue weighted by molar-refractivity contribution is -0.138. The second-order valence-electron chi connectivity index (χ2n) is 6.75. The normalized spacial score (nSPS) is 22.5. The van der Waals surface area contributed by atoms with Crippen molar-refractivity contribution in [3.8, 4) is 0 Å². The minimum atomic E-state index is -0.193. The summed E-state index contributed by atoms with van der Waals surface area (Å²) < 4.78 is 5.19. The number of amides is 1. The van der Waals surface area contributed by atoms with Crippen LogP contribution in [0.3, 0.4) is 0 Å². The Morgan fingerprint density at radius 2 is 2.23 bits per heavy atom. The maximum Gasteiger partial charge on any atom is 0.226 e. The molecule has 0 bridgehead atoms. The van der Waals surface area contributed by atoms with Crippen LogP contribution in [0.5, 0.6) is 0 Å². The van der Waals surface area contributed by atoms with Crippen molar-refractivity contribution in [1.82, 2.24) is 5.32 Å². The number of methoxy groups -OCH3 is 1. The number of fused-ring (bicyclic) bond motifs is 1. The van der Waals surface area contributed by atoms with Gasteiger partial charge in [0.25, 0.3) is 0 Å². The van der Waals surface area contributed by atoms with Crippen LogP contribution in [0, 0.1) is 5.41 Å². The van der Waals surface area contributed by atoms with E-state index in [2.05, 4.69) is 17.4 Å². The third-order valence-electron chi connectivity index (χ3n) is 5.36. The molecule has 1 aromatic rings. The number of rotatable bonds is 5. The molecule has 0 spiro atoms. The van der Waals surface area contributed by atoms with Crippen molar-refractivity contribution in [3.05, 3.63) is 29.3 Å². The average Bonchev–Trinajstić information content (AvgIpc) is 2.46. The molecular formula is C18H26N2O2. The van der Waals surface area contributed by atoms with Crippen molar-refractivity contribution in [2.24, 2.45) is 5.41 Å². The number of hydrogen-bond acceptors (Lipinski definition) is 3. The standard InChI is InChI=1S/C18H26N2O2/c1-22-11-10-18(8-3-9-18)17(21)20-16-5-2-4-13-12-14(19)6-7-15(13)16/h6-7,12,16H,2-5,8-11,19H2,1H3,(H,20,21). The lowest BCUT2D eigenvalue weighted by Gasteiger charge is -2.41. The predicted octanol–water partition coefficient (Wildman–Crippen LogP) is 2.97. The predicted molar refractivity (Wildman–Crippen MR) is 87.5 cm³/mol. The van der Waals surface area contributed by atoms with E-state index in [1.165, 1.54) is 11.1 Å². The average molecular weight is 302 g/mol. The SMILES string of the molecule is COCCC1(C(=O)NC2CCCc3cc(N)ccc32)CCC1. The molecule has 0 aromatic heterocycles. The summed E-state index contributed by atoms with van der Waals surface area (Å²) in [6.07, 6.45) is 7.13. The monoisotopic (exact) mass is 302 g/mol. The molecule has 1 unspecified atom stereocenters. The molecule has 0 heterocycles. The van der Waals surface area contributed by atoms with Gasteiger partial charge in [0.1, 0.15) is 0 Å². The van der Waals surface area contributed by atoms with Crippen molar-refractivity contribution in [2.45, 2.75) is 51.0 Å². The number of carbonyl (C=O) groups is 1. The van der Waals surface area contributed by atoms with Crippen LogP contribution < -0.4 is 11.1 Å². The number of nitrogens with one attached hydrogen (secondary N) is 1. The zero-order chi connectivity index (χ0) is 15.6. The summed E-state index contributed by atoms with van der Waals surface area (Å²) in [6.45, 7) is 0.658. The van der Waals surface area contributed by atoms with Crippen LogP contribution in [-0.2, 0) is 16.0 Å². The van der Waals surface area contributed by atoms with E-state index in [0.29, 0.717) is 6.61 Å². The van der Waals surface area contributed by atoms with Gasteiger partial charge in [0.2, 0.25) is 5.91 Å². The molecular weight excluding hydrogens is 276 g/mol. The Morgan fingerprint density at radius 3 is 2.91 bits per heavy atom. The number of ether oxygens (including phenoxy) is 1. The zero-order valence-corrected chi connectivity index (χ0v) is 13.4. The first-order chi connectivity index (χ1) is 10.6. The van der Waals surface area contributed by atoms with E-state index in [0.717, 1.165) is 50.6 Å². The van der Waals surface area contributed by atoms with Gasteiger partial charge in [-0.05, 0) is 61.8 Å². The van der Waals surface area contributed by atoms with Gasteiger partial charge >= 0.3 is 0 Å². The maximum atomic E-state index is 12.8. The summed E-state index contributed by atoms with van der Waals surface area (Å²) in [7, 11) is 1.70. The topological polar surface area (TPSA) is 64.3 Å². The number of anilines is 1. The molecule has 1 saturated carbocycles.